The Morgan fingerprint density at radius 3 is 2.58 bits per heavy atom. The SMILES string of the molecule is COC(=O)c1c(S(=O)(=O)NC(C)C)sc2c1CCN(Cc1ccccc1C(F)(F)F)C2. The summed E-state index contributed by atoms with van der Waals surface area (Å²) in [6.45, 7) is 4.03. The van der Waals surface area contributed by atoms with Crippen molar-refractivity contribution in [3.8, 4) is 0 Å². The molecule has 0 atom stereocenters. The van der Waals surface area contributed by atoms with Crippen LogP contribution in [0.2, 0.25) is 0 Å². The Labute approximate surface area is 183 Å². The molecule has 2 heterocycles. The lowest BCUT2D eigenvalue weighted by Gasteiger charge is -2.28. The van der Waals surface area contributed by atoms with Crippen molar-refractivity contribution < 1.29 is 31.1 Å². The Hall–Kier alpha value is -1.95. The van der Waals surface area contributed by atoms with E-state index < -0.39 is 27.7 Å². The summed E-state index contributed by atoms with van der Waals surface area (Å²) in [7, 11) is -2.76. The Bertz CT molecular complexity index is 1080. The molecule has 31 heavy (non-hydrogen) atoms. The van der Waals surface area contributed by atoms with Crippen molar-refractivity contribution in [3.05, 3.63) is 51.4 Å². The molecule has 11 heteroatoms. The largest absolute Gasteiger partial charge is 0.465 e. The van der Waals surface area contributed by atoms with Gasteiger partial charge in [-0.05, 0) is 37.5 Å². The van der Waals surface area contributed by atoms with Crippen molar-refractivity contribution in [2.45, 2.75) is 49.8 Å². The topological polar surface area (TPSA) is 75.7 Å². The van der Waals surface area contributed by atoms with E-state index in [1.165, 1.54) is 19.2 Å². The van der Waals surface area contributed by atoms with Crippen LogP contribution < -0.4 is 4.72 Å². The maximum absolute atomic E-state index is 13.3. The molecule has 0 saturated heterocycles. The number of halogens is 3. The van der Waals surface area contributed by atoms with Gasteiger partial charge in [0, 0.05) is 30.6 Å². The second-order valence-corrected chi connectivity index (χ2v) is 10.6. The van der Waals surface area contributed by atoms with Crippen LogP contribution in [0.5, 0.6) is 0 Å². The molecule has 6 nitrogen and oxygen atoms in total. The molecule has 0 fully saturated rings. The zero-order valence-electron chi connectivity index (χ0n) is 17.2. The first-order valence-corrected chi connectivity index (χ1v) is 11.9. The van der Waals surface area contributed by atoms with Crippen LogP contribution in [0.15, 0.2) is 28.5 Å². The number of hydrogen-bond donors (Lipinski definition) is 1. The number of carbonyl (C=O) groups excluding carboxylic acids is 1. The summed E-state index contributed by atoms with van der Waals surface area (Å²) >= 11 is 0.963. The van der Waals surface area contributed by atoms with E-state index in [0.717, 1.165) is 17.4 Å². The highest BCUT2D eigenvalue weighted by Crippen LogP contribution is 2.38. The van der Waals surface area contributed by atoms with E-state index in [0.29, 0.717) is 23.4 Å². The number of nitrogens with one attached hydrogen (secondary N) is 1. The average molecular weight is 477 g/mol. The van der Waals surface area contributed by atoms with Crippen LogP contribution in [0.4, 0.5) is 13.2 Å². The van der Waals surface area contributed by atoms with Crippen molar-refractivity contribution in [2.24, 2.45) is 0 Å². The predicted molar refractivity (Wildman–Crippen MR) is 110 cm³/mol. The summed E-state index contributed by atoms with van der Waals surface area (Å²) in [5.41, 5.74) is 0.0662. The monoisotopic (exact) mass is 476 g/mol. The van der Waals surface area contributed by atoms with E-state index in [1.54, 1.807) is 19.9 Å². The molecule has 1 aliphatic heterocycles. The molecular weight excluding hydrogens is 453 g/mol. The Kier molecular flexibility index (Phi) is 6.80. The number of alkyl halides is 3. The lowest BCUT2D eigenvalue weighted by atomic mass is 10.0. The van der Waals surface area contributed by atoms with Crippen molar-refractivity contribution >= 4 is 27.3 Å². The number of thiophene rings is 1. The van der Waals surface area contributed by atoms with Crippen LogP contribution >= 0.6 is 11.3 Å². The maximum Gasteiger partial charge on any atom is 0.416 e. The number of fused-ring (bicyclic) bond motifs is 1. The van der Waals surface area contributed by atoms with E-state index >= 15 is 0 Å². The zero-order chi connectivity index (χ0) is 23.0. The van der Waals surface area contributed by atoms with Crippen LogP contribution in [-0.4, -0.2) is 39.0 Å². The molecule has 1 aromatic heterocycles. The molecule has 1 aliphatic rings. The third-order valence-electron chi connectivity index (χ3n) is 4.84. The summed E-state index contributed by atoms with van der Waals surface area (Å²) in [6, 6.07) is 5.03. The minimum Gasteiger partial charge on any atom is -0.465 e. The zero-order valence-corrected chi connectivity index (χ0v) is 18.9. The van der Waals surface area contributed by atoms with Gasteiger partial charge in [0.2, 0.25) is 0 Å². The van der Waals surface area contributed by atoms with E-state index in [1.807, 2.05) is 4.90 Å². The highest BCUT2D eigenvalue weighted by Gasteiger charge is 2.36. The van der Waals surface area contributed by atoms with Gasteiger partial charge < -0.3 is 4.74 Å². The Morgan fingerprint density at radius 2 is 1.97 bits per heavy atom. The molecule has 0 unspecified atom stereocenters. The van der Waals surface area contributed by atoms with E-state index in [4.69, 9.17) is 4.74 Å². The van der Waals surface area contributed by atoms with Gasteiger partial charge in [0.1, 0.15) is 4.21 Å². The summed E-state index contributed by atoms with van der Waals surface area (Å²) in [5, 5.41) is 0. The molecule has 0 amide bonds. The maximum atomic E-state index is 13.3. The van der Waals surface area contributed by atoms with Gasteiger partial charge in [0.25, 0.3) is 10.0 Å². The van der Waals surface area contributed by atoms with Gasteiger partial charge in [-0.15, -0.1) is 11.3 Å². The van der Waals surface area contributed by atoms with E-state index in [2.05, 4.69) is 4.72 Å². The number of sulfonamides is 1. The van der Waals surface area contributed by atoms with Gasteiger partial charge >= 0.3 is 12.1 Å². The molecule has 3 rings (SSSR count). The number of carbonyl (C=O) groups is 1. The van der Waals surface area contributed by atoms with Gasteiger partial charge in [0.05, 0.1) is 18.2 Å². The molecule has 1 aromatic carbocycles. The number of esters is 1. The first-order valence-electron chi connectivity index (χ1n) is 9.56. The number of ether oxygens (including phenoxy) is 1. The fourth-order valence-electron chi connectivity index (χ4n) is 3.60. The molecule has 0 bridgehead atoms. The minimum absolute atomic E-state index is 0.0194. The third-order valence-corrected chi connectivity index (χ3v) is 8.24. The minimum atomic E-state index is -4.46. The van der Waals surface area contributed by atoms with Crippen LogP contribution in [-0.2, 0) is 40.4 Å². The van der Waals surface area contributed by atoms with Crippen LogP contribution in [0.3, 0.4) is 0 Å². The van der Waals surface area contributed by atoms with Crippen molar-refractivity contribution in [1.82, 2.24) is 9.62 Å². The summed E-state index contributed by atoms with van der Waals surface area (Å²) < 4.78 is 72.7. The Morgan fingerprint density at radius 1 is 1.29 bits per heavy atom. The first-order chi connectivity index (χ1) is 14.4. The number of benzene rings is 1. The fourth-order valence-corrected chi connectivity index (χ4v) is 6.80. The lowest BCUT2D eigenvalue weighted by Crippen LogP contribution is -2.31. The second-order valence-electron chi connectivity index (χ2n) is 7.55. The van der Waals surface area contributed by atoms with Crippen molar-refractivity contribution in [1.29, 1.82) is 0 Å². The predicted octanol–water partition coefficient (Wildman–Crippen LogP) is 3.80. The third kappa shape index (κ3) is 5.11. The Balaban J connectivity index is 1.95. The summed E-state index contributed by atoms with van der Waals surface area (Å²) in [4.78, 5) is 14.8. The van der Waals surface area contributed by atoms with Crippen LogP contribution in [0.25, 0.3) is 0 Å². The molecule has 0 radical (unpaired) electrons. The molecular formula is C20H23F3N2O4S2. The number of methoxy groups -OCH3 is 1. The van der Waals surface area contributed by atoms with E-state index in [9.17, 15) is 26.4 Å². The highest BCUT2D eigenvalue weighted by molar-refractivity contribution is 7.91. The lowest BCUT2D eigenvalue weighted by molar-refractivity contribution is -0.138. The van der Waals surface area contributed by atoms with Crippen molar-refractivity contribution in [3.63, 3.8) is 0 Å². The fraction of sp³-hybridized carbons (Fsp3) is 0.450. The van der Waals surface area contributed by atoms with E-state index in [-0.39, 0.29) is 34.5 Å². The molecule has 2 aromatic rings. The number of nitrogens with zero attached hydrogens (tertiary/aromatic N) is 1. The van der Waals surface area contributed by atoms with Crippen LogP contribution in [0, 0.1) is 0 Å². The normalized spacial score (nSPS) is 15.2. The highest BCUT2D eigenvalue weighted by atomic mass is 32.2. The number of rotatable bonds is 6. The van der Waals surface area contributed by atoms with Gasteiger partial charge in [-0.1, -0.05) is 18.2 Å². The average Bonchev–Trinajstić information content (AvgIpc) is 3.06. The van der Waals surface area contributed by atoms with Crippen molar-refractivity contribution in [2.75, 3.05) is 13.7 Å². The smallest absolute Gasteiger partial charge is 0.416 e. The van der Waals surface area contributed by atoms with Gasteiger partial charge in [-0.3, -0.25) is 4.90 Å². The summed E-state index contributed by atoms with van der Waals surface area (Å²) in [5.74, 6) is -0.738. The molecule has 1 N–H and O–H groups in total. The molecule has 170 valence electrons. The van der Waals surface area contributed by atoms with Gasteiger partial charge in [-0.25, -0.2) is 17.9 Å². The molecule has 0 saturated carbocycles. The van der Waals surface area contributed by atoms with Gasteiger partial charge in [0.15, 0.2) is 0 Å². The number of hydrogen-bond acceptors (Lipinski definition) is 6. The first kappa shape index (κ1) is 23.7. The summed E-state index contributed by atoms with van der Waals surface area (Å²) in [6.07, 6.45) is -4.12. The quantitative estimate of drug-likeness (QED) is 0.642. The van der Waals surface area contributed by atoms with Crippen LogP contribution in [0.1, 0.15) is 45.8 Å². The molecule has 0 aliphatic carbocycles. The van der Waals surface area contributed by atoms with Gasteiger partial charge in [-0.2, -0.15) is 13.2 Å². The molecule has 0 spiro atoms. The second kappa shape index (κ2) is 8.89. The standard InChI is InChI=1S/C20H23F3N2O4S2/c1-12(2)24-31(27,28)19-17(18(26)29-3)14-8-9-25(11-16(14)30-19)10-13-6-4-5-7-15(13)20(21,22)23/h4-7,12,24H,8-11H2,1-3H3.